The molecule has 2 aromatic carbocycles. The molecule has 0 saturated carbocycles. The Kier molecular flexibility index (Phi) is 5.78. The maximum absolute atomic E-state index is 12.2. The van der Waals surface area contributed by atoms with Gasteiger partial charge in [-0.1, -0.05) is 37.6 Å². The fourth-order valence-corrected chi connectivity index (χ4v) is 3.22. The molecular formula is C21H26N2O3. The number of anilines is 1. The van der Waals surface area contributed by atoms with E-state index in [4.69, 9.17) is 4.74 Å². The summed E-state index contributed by atoms with van der Waals surface area (Å²) >= 11 is 0. The van der Waals surface area contributed by atoms with Gasteiger partial charge in [-0.2, -0.15) is 0 Å². The van der Waals surface area contributed by atoms with E-state index in [-0.39, 0.29) is 12.6 Å². The second-order valence-electron chi connectivity index (χ2n) is 6.72. The number of rotatable bonds is 7. The molecule has 26 heavy (non-hydrogen) atoms. The lowest BCUT2D eigenvalue weighted by molar-refractivity contribution is 0.0417. The Labute approximate surface area is 154 Å². The van der Waals surface area contributed by atoms with Crippen molar-refractivity contribution in [3.8, 4) is 5.75 Å². The number of amides is 2. The van der Waals surface area contributed by atoms with Crippen LogP contribution in [-0.2, 0) is 12.0 Å². The molecular weight excluding hydrogens is 328 g/mol. The van der Waals surface area contributed by atoms with E-state index in [0.717, 1.165) is 36.1 Å². The molecule has 0 aromatic heterocycles. The van der Waals surface area contributed by atoms with E-state index in [1.807, 2.05) is 36.4 Å². The maximum atomic E-state index is 12.2. The number of benzene rings is 2. The normalized spacial score (nSPS) is 18.2. The number of hydrogen-bond acceptors (Lipinski definition) is 3. The molecule has 2 aromatic rings. The van der Waals surface area contributed by atoms with Crippen molar-refractivity contribution in [2.24, 2.45) is 0 Å². The number of aryl methyl sites for hydroxylation is 1. The van der Waals surface area contributed by atoms with Crippen LogP contribution in [0.1, 0.15) is 37.3 Å². The van der Waals surface area contributed by atoms with Gasteiger partial charge in [0.25, 0.3) is 0 Å². The first kappa shape index (κ1) is 18.3. The first-order valence-corrected chi connectivity index (χ1v) is 9.19. The lowest BCUT2D eigenvalue weighted by Crippen LogP contribution is -2.41. The Morgan fingerprint density at radius 2 is 1.96 bits per heavy atom. The van der Waals surface area contributed by atoms with E-state index < -0.39 is 5.60 Å². The van der Waals surface area contributed by atoms with E-state index in [9.17, 15) is 9.90 Å². The topological polar surface area (TPSA) is 70.6 Å². The van der Waals surface area contributed by atoms with Gasteiger partial charge in [-0.05, 0) is 54.7 Å². The van der Waals surface area contributed by atoms with E-state index in [2.05, 4.69) is 17.6 Å². The van der Waals surface area contributed by atoms with Crippen LogP contribution in [0.2, 0.25) is 0 Å². The van der Waals surface area contributed by atoms with Crippen LogP contribution in [0.5, 0.6) is 5.75 Å². The summed E-state index contributed by atoms with van der Waals surface area (Å²) in [5, 5.41) is 16.4. The van der Waals surface area contributed by atoms with Crippen LogP contribution in [0, 0.1) is 0 Å². The van der Waals surface area contributed by atoms with Crippen LogP contribution >= 0.6 is 0 Å². The Hall–Kier alpha value is -2.53. The number of urea groups is 1. The lowest BCUT2D eigenvalue weighted by atomic mass is 9.96. The van der Waals surface area contributed by atoms with Gasteiger partial charge in [0.1, 0.15) is 11.4 Å². The zero-order valence-corrected chi connectivity index (χ0v) is 15.1. The van der Waals surface area contributed by atoms with Gasteiger partial charge in [-0.15, -0.1) is 0 Å². The molecule has 0 spiro atoms. The fourth-order valence-electron chi connectivity index (χ4n) is 3.22. The third kappa shape index (κ3) is 4.35. The van der Waals surface area contributed by atoms with Crippen LogP contribution in [0.25, 0.3) is 0 Å². The average molecular weight is 354 g/mol. The lowest BCUT2D eigenvalue weighted by Gasteiger charge is -2.24. The first-order chi connectivity index (χ1) is 12.6. The van der Waals surface area contributed by atoms with E-state index in [1.54, 1.807) is 12.1 Å². The van der Waals surface area contributed by atoms with Crippen molar-refractivity contribution in [2.75, 3.05) is 18.5 Å². The molecule has 0 aliphatic heterocycles. The zero-order valence-electron chi connectivity index (χ0n) is 15.1. The Morgan fingerprint density at radius 1 is 1.19 bits per heavy atom. The molecule has 3 N–H and O–H groups in total. The molecule has 0 heterocycles. The molecule has 0 radical (unpaired) electrons. The summed E-state index contributed by atoms with van der Waals surface area (Å²) in [5.41, 5.74) is 1.75. The second kappa shape index (κ2) is 8.23. The van der Waals surface area contributed by atoms with Crippen LogP contribution < -0.4 is 15.4 Å². The predicted molar refractivity (Wildman–Crippen MR) is 103 cm³/mol. The molecule has 1 aliphatic rings. The summed E-state index contributed by atoms with van der Waals surface area (Å²) in [4.78, 5) is 12.2. The van der Waals surface area contributed by atoms with Crippen molar-refractivity contribution >= 4 is 11.7 Å². The molecule has 0 bridgehead atoms. The minimum Gasteiger partial charge on any atom is -0.494 e. The van der Waals surface area contributed by atoms with Gasteiger partial charge >= 0.3 is 6.03 Å². The Morgan fingerprint density at radius 3 is 2.73 bits per heavy atom. The van der Waals surface area contributed by atoms with Gasteiger partial charge in [0, 0.05) is 5.69 Å². The molecule has 138 valence electrons. The van der Waals surface area contributed by atoms with E-state index >= 15 is 0 Å². The molecule has 3 rings (SSSR count). The summed E-state index contributed by atoms with van der Waals surface area (Å²) in [6.07, 6.45) is 3.57. The van der Waals surface area contributed by atoms with Crippen LogP contribution in [0.15, 0.2) is 48.5 Å². The van der Waals surface area contributed by atoms with Crippen molar-refractivity contribution in [1.82, 2.24) is 5.32 Å². The highest BCUT2D eigenvalue weighted by Crippen LogP contribution is 2.36. The highest BCUT2D eigenvalue weighted by Gasteiger charge is 2.36. The molecule has 1 unspecified atom stereocenters. The summed E-state index contributed by atoms with van der Waals surface area (Å²) in [7, 11) is 0. The SMILES string of the molecule is CCCCOc1ccc(NC(=O)NCC2(O)CCc3ccccc32)cc1. The molecule has 2 amide bonds. The van der Waals surface area contributed by atoms with E-state index in [0.29, 0.717) is 18.7 Å². The van der Waals surface area contributed by atoms with Crippen molar-refractivity contribution in [2.45, 2.75) is 38.2 Å². The molecule has 0 saturated heterocycles. The molecule has 1 aliphatic carbocycles. The maximum Gasteiger partial charge on any atom is 0.319 e. The molecule has 5 heteroatoms. The number of fused-ring (bicyclic) bond motifs is 1. The summed E-state index contributed by atoms with van der Waals surface area (Å²) in [6, 6.07) is 14.8. The standard InChI is InChI=1S/C21H26N2O3/c1-2-3-14-26-18-10-8-17(9-11-18)23-20(24)22-15-21(25)13-12-16-6-4-5-7-19(16)21/h4-11,25H,2-3,12-15H2,1H3,(H2,22,23,24). The van der Waals surface area contributed by atoms with Gasteiger partial charge < -0.3 is 20.5 Å². The molecule has 0 fully saturated rings. The van der Waals surface area contributed by atoms with Gasteiger partial charge in [0.15, 0.2) is 0 Å². The first-order valence-electron chi connectivity index (χ1n) is 9.19. The van der Waals surface area contributed by atoms with Crippen molar-refractivity contribution < 1.29 is 14.6 Å². The number of unbranched alkanes of at least 4 members (excludes halogenated alkanes) is 1. The number of carbonyl (C=O) groups is 1. The zero-order chi connectivity index (χ0) is 18.4. The number of hydrogen-bond donors (Lipinski definition) is 3. The second-order valence-corrected chi connectivity index (χ2v) is 6.72. The van der Waals surface area contributed by atoms with Crippen molar-refractivity contribution in [3.63, 3.8) is 0 Å². The van der Waals surface area contributed by atoms with E-state index in [1.165, 1.54) is 0 Å². The third-order valence-corrected chi connectivity index (χ3v) is 4.75. The number of ether oxygens (including phenoxy) is 1. The quantitative estimate of drug-likeness (QED) is 0.662. The predicted octanol–water partition coefficient (Wildman–Crippen LogP) is 3.82. The van der Waals surface area contributed by atoms with Crippen LogP contribution in [0.3, 0.4) is 0 Å². The third-order valence-electron chi connectivity index (χ3n) is 4.75. The van der Waals surface area contributed by atoms with Gasteiger partial charge in [0.05, 0.1) is 13.2 Å². The highest BCUT2D eigenvalue weighted by atomic mass is 16.5. The number of nitrogens with one attached hydrogen (secondary N) is 2. The van der Waals surface area contributed by atoms with Gasteiger partial charge in [-0.25, -0.2) is 4.79 Å². The summed E-state index contributed by atoms with van der Waals surface area (Å²) < 4.78 is 5.61. The molecule has 5 nitrogen and oxygen atoms in total. The largest absolute Gasteiger partial charge is 0.494 e. The molecule has 1 atom stereocenters. The van der Waals surface area contributed by atoms with Crippen LogP contribution in [-0.4, -0.2) is 24.3 Å². The number of aliphatic hydroxyl groups is 1. The minimum atomic E-state index is -0.995. The Bertz CT molecular complexity index is 745. The average Bonchev–Trinajstić information content (AvgIpc) is 3.00. The smallest absolute Gasteiger partial charge is 0.319 e. The monoisotopic (exact) mass is 354 g/mol. The van der Waals surface area contributed by atoms with Gasteiger partial charge in [-0.3, -0.25) is 0 Å². The summed E-state index contributed by atoms with van der Waals surface area (Å²) in [6.45, 7) is 3.01. The Balaban J connectivity index is 1.50. The minimum absolute atomic E-state index is 0.189. The van der Waals surface area contributed by atoms with Crippen molar-refractivity contribution in [1.29, 1.82) is 0 Å². The fraction of sp³-hybridized carbons (Fsp3) is 0.381. The summed E-state index contributed by atoms with van der Waals surface area (Å²) in [5.74, 6) is 0.793. The van der Waals surface area contributed by atoms with Gasteiger partial charge in [0.2, 0.25) is 0 Å². The van der Waals surface area contributed by atoms with Crippen LogP contribution in [0.4, 0.5) is 10.5 Å². The highest BCUT2D eigenvalue weighted by molar-refractivity contribution is 5.89. The number of carbonyl (C=O) groups excluding carboxylic acids is 1. The van der Waals surface area contributed by atoms with Crippen molar-refractivity contribution in [3.05, 3.63) is 59.7 Å².